The van der Waals surface area contributed by atoms with E-state index in [-0.39, 0.29) is 5.69 Å². The SMILES string of the molecule is O=S(=O)(Nc1cc(F)ccc1Br)N1CCNCC1. The molecule has 0 amide bonds. The van der Waals surface area contributed by atoms with E-state index in [9.17, 15) is 12.8 Å². The van der Waals surface area contributed by atoms with E-state index in [0.717, 1.165) is 6.07 Å². The molecule has 5 nitrogen and oxygen atoms in total. The van der Waals surface area contributed by atoms with Crippen molar-refractivity contribution in [2.75, 3.05) is 30.9 Å². The van der Waals surface area contributed by atoms with Crippen LogP contribution in [0, 0.1) is 5.82 Å². The Morgan fingerprint density at radius 2 is 2.00 bits per heavy atom. The quantitative estimate of drug-likeness (QED) is 0.869. The summed E-state index contributed by atoms with van der Waals surface area (Å²) < 4.78 is 41.4. The Hall–Kier alpha value is -0.700. The van der Waals surface area contributed by atoms with Crippen LogP contribution in [0.1, 0.15) is 0 Å². The molecule has 0 bridgehead atoms. The molecule has 1 heterocycles. The highest BCUT2D eigenvalue weighted by atomic mass is 79.9. The number of benzene rings is 1. The Bertz CT molecular complexity index is 532. The smallest absolute Gasteiger partial charge is 0.301 e. The Kier molecular flexibility index (Phi) is 4.21. The van der Waals surface area contributed by atoms with Gasteiger partial charge in [0.1, 0.15) is 5.82 Å². The molecule has 0 atom stereocenters. The van der Waals surface area contributed by atoms with Crippen LogP contribution in [-0.4, -0.2) is 38.9 Å². The minimum Gasteiger partial charge on any atom is -0.314 e. The molecule has 1 fully saturated rings. The number of hydrogen-bond acceptors (Lipinski definition) is 3. The van der Waals surface area contributed by atoms with Crippen molar-refractivity contribution in [3.05, 3.63) is 28.5 Å². The number of rotatable bonds is 3. The summed E-state index contributed by atoms with van der Waals surface area (Å²) in [5.74, 6) is -0.490. The van der Waals surface area contributed by atoms with Crippen LogP contribution in [0.25, 0.3) is 0 Å². The predicted molar refractivity (Wildman–Crippen MR) is 71.1 cm³/mol. The maximum atomic E-state index is 13.1. The molecule has 0 radical (unpaired) electrons. The average molecular weight is 338 g/mol. The summed E-state index contributed by atoms with van der Waals surface area (Å²) in [5.41, 5.74) is 0.202. The third kappa shape index (κ3) is 3.19. The summed E-state index contributed by atoms with van der Waals surface area (Å²) in [6, 6.07) is 3.86. The zero-order valence-electron chi connectivity index (χ0n) is 9.49. The third-order valence-corrected chi connectivity index (χ3v) is 4.80. The van der Waals surface area contributed by atoms with Crippen LogP contribution in [0.4, 0.5) is 10.1 Å². The van der Waals surface area contributed by atoms with Crippen LogP contribution in [0.5, 0.6) is 0 Å². The highest BCUT2D eigenvalue weighted by Gasteiger charge is 2.24. The minimum absolute atomic E-state index is 0.202. The molecular weight excluding hydrogens is 325 g/mol. The lowest BCUT2D eigenvalue weighted by molar-refractivity contribution is 0.362. The molecule has 8 heteroatoms. The summed E-state index contributed by atoms with van der Waals surface area (Å²) >= 11 is 3.18. The predicted octanol–water partition coefficient (Wildman–Crippen LogP) is 1.15. The van der Waals surface area contributed by atoms with Gasteiger partial charge in [-0.3, -0.25) is 4.72 Å². The van der Waals surface area contributed by atoms with Crippen molar-refractivity contribution in [1.82, 2.24) is 9.62 Å². The molecule has 0 saturated carbocycles. The first-order chi connectivity index (χ1) is 8.49. The molecule has 0 aliphatic carbocycles. The zero-order valence-corrected chi connectivity index (χ0v) is 11.9. The van der Waals surface area contributed by atoms with Gasteiger partial charge in [-0.05, 0) is 34.1 Å². The van der Waals surface area contributed by atoms with Crippen LogP contribution in [0.2, 0.25) is 0 Å². The van der Waals surface area contributed by atoms with Gasteiger partial charge in [-0.1, -0.05) is 0 Å². The Labute approximate surface area is 114 Å². The molecule has 1 aliphatic rings. The van der Waals surface area contributed by atoms with Gasteiger partial charge in [-0.15, -0.1) is 0 Å². The van der Waals surface area contributed by atoms with Crippen LogP contribution < -0.4 is 10.0 Å². The van der Waals surface area contributed by atoms with Crippen molar-refractivity contribution < 1.29 is 12.8 Å². The van der Waals surface area contributed by atoms with Gasteiger partial charge in [0.05, 0.1) is 5.69 Å². The van der Waals surface area contributed by atoms with Crippen molar-refractivity contribution in [3.8, 4) is 0 Å². The molecule has 1 aromatic rings. The fraction of sp³-hybridized carbons (Fsp3) is 0.400. The number of hydrogen-bond donors (Lipinski definition) is 2. The summed E-state index contributed by atoms with van der Waals surface area (Å²) in [5, 5.41) is 3.07. The van der Waals surface area contributed by atoms with E-state index in [1.54, 1.807) is 0 Å². The molecule has 0 unspecified atom stereocenters. The van der Waals surface area contributed by atoms with Crippen molar-refractivity contribution >= 4 is 31.8 Å². The van der Waals surface area contributed by atoms with E-state index in [1.807, 2.05) is 0 Å². The van der Waals surface area contributed by atoms with Crippen LogP contribution in [0.3, 0.4) is 0 Å². The highest BCUT2D eigenvalue weighted by molar-refractivity contribution is 9.10. The van der Waals surface area contributed by atoms with E-state index in [4.69, 9.17) is 0 Å². The second kappa shape index (κ2) is 5.52. The monoisotopic (exact) mass is 337 g/mol. The molecule has 1 aliphatic heterocycles. The van der Waals surface area contributed by atoms with Gasteiger partial charge in [0.15, 0.2) is 0 Å². The summed E-state index contributed by atoms with van der Waals surface area (Å²) in [6.45, 7) is 2.04. The fourth-order valence-corrected chi connectivity index (χ4v) is 3.38. The normalized spacial score (nSPS) is 17.7. The number of anilines is 1. The van der Waals surface area contributed by atoms with Gasteiger partial charge in [0.25, 0.3) is 0 Å². The number of piperazine rings is 1. The molecule has 0 spiro atoms. The lowest BCUT2D eigenvalue weighted by Gasteiger charge is -2.27. The molecule has 18 heavy (non-hydrogen) atoms. The van der Waals surface area contributed by atoms with Crippen molar-refractivity contribution in [2.24, 2.45) is 0 Å². The maximum absolute atomic E-state index is 13.1. The average Bonchev–Trinajstić information content (AvgIpc) is 2.35. The van der Waals surface area contributed by atoms with Crippen LogP contribution >= 0.6 is 15.9 Å². The molecule has 2 N–H and O–H groups in total. The van der Waals surface area contributed by atoms with Crippen molar-refractivity contribution in [3.63, 3.8) is 0 Å². The van der Waals surface area contributed by atoms with Gasteiger partial charge in [0.2, 0.25) is 0 Å². The van der Waals surface area contributed by atoms with Crippen LogP contribution in [-0.2, 0) is 10.2 Å². The van der Waals surface area contributed by atoms with E-state index in [1.165, 1.54) is 16.4 Å². The number of nitrogens with zero attached hydrogens (tertiary/aromatic N) is 1. The largest absolute Gasteiger partial charge is 0.314 e. The zero-order chi connectivity index (χ0) is 13.2. The summed E-state index contributed by atoms with van der Waals surface area (Å²) in [7, 11) is -3.63. The Morgan fingerprint density at radius 1 is 1.33 bits per heavy atom. The lowest BCUT2D eigenvalue weighted by Crippen LogP contribution is -2.48. The molecule has 2 rings (SSSR count). The Balaban J connectivity index is 2.18. The van der Waals surface area contributed by atoms with Gasteiger partial charge in [-0.2, -0.15) is 12.7 Å². The van der Waals surface area contributed by atoms with Crippen molar-refractivity contribution in [2.45, 2.75) is 0 Å². The summed E-state index contributed by atoms with van der Waals surface area (Å²) in [4.78, 5) is 0. The molecule has 1 aromatic carbocycles. The van der Waals surface area contributed by atoms with Gasteiger partial charge in [0, 0.05) is 30.7 Å². The van der Waals surface area contributed by atoms with Gasteiger partial charge in [-0.25, -0.2) is 4.39 Å². The van der Waals surface area contributed by atoms with E-state index in [0.29, 0.717) is 30.7 Å². The standard InChI is InChI=1S/C10H13BrFN3O2S/c11-9-2-1-8(12)7-10(9)14-18(16,17)15-5-3-13-4-6-15/h1-2,7,13-14H,3-6H2. The van der Waals surface area contributed by atoms with E-state index >= 15 is 0 Å². The minimum atomic E-state index is -3.63. The lowest BCUT2D eigenvalue weighted by atomic mass is 10.3. The second-order valence-corrected chi connectivity index (χ2v) is 6.41. The highest BCUT2D eigenvalue weighted by Crippen LogP contribution is 2.24. The van der Waals surface area contributed by atoms with E-state index < -0.39 is 16.0 Å². The second-order valence-electron chi connectivity index (χ2n) is 3.88. The first-order valence-electron chi connectivity index (χ1n) is 5.43. The maximum Gasteiger partial charge on any atom is 0.301 e. The van der Waals surface area contributed by atoms with Gasteiger partial charge >= 0.3 is 10.2 Å². The van der Waals surface area contributed by atoms with E-state index in [2.05, 4.69) is 26.0 Å². The third-order valence-electron chi connectivity index (χ3n) is 2.58. The topological polar surface area (TPSA) is 61.4 Å². The molecule has 0 aromatic heterocycles. The number of halogens is 2. The summed E-state index contributed by atoms with van der Waals surface area (Å²) in [6.07, 6.45) is 0. The fourth-order valence-electron chi connectivity index (χ4n) is 1.66. The first-order valence-corrected chi connectivity index (χ1v) is 7.66. The molecule has 100 valence electrons. The first kappa shape index (κ1) is 13.7. The Morgan fingerprint density at radius 3 is 2.67 bits per heavy atom. The van der Waals surface area contributed by atoms with Crippen LogP contribution in [0.15, 0.2) is 22.7 Å². The van der Waals surface area contributed by atoms with Gasteiger partial charge < -0.3 is 5.32 Å². The van der Waals surface area contributed by atoms with Crippen molar-refractivity contribution in [1.29, 1.82) is 0 Å². The molecule has 1 saturated heterocycles. The number of nitrogens with one attached hydrogen (secondary N) is 2. The molecular formula is C10H13BrFN3O2S.